The Bertz CT molecular complexity index is 1260. The van der Waals surface area contributed by atoms with E-state index in [-0.39, 0.29) is 53.3 Å². The maximum absolute atomic E-state index is 13.2. The molecule has 2 aromatic carbocycles. The van der Waals surface area contributed by atoms with Crippen LogP contribution in [0.3, 0.4) is 0 Å². The molecule has 0 unspecified atom stereocenters. The molecule has 1 aliphatic heterocycles. The summed E-state index contributed by atoms with van der Waals surface area (Å²) in [5.74, 6) is -1.67. The molecule has 0 aliphatic carbocycles. The zero-order chi connectivity index (χ0) is 23.6. The van der Waals surface area contributed by atoms with Crippen LogP contribution in [-0.4, -0.2) is 65.4 Å². The fourth-order valence-corrected chi connectivity index (χ4v) is 5.79. The number of sulfonamides is 1. The van der Waals surface area contributed by atoms with Gasteiger partial charge in [0.15, 0.2) is 0 Å². The molecule has 1 aromatic heterocycles. The number of amides is 1. The van der Waals surface area contributed by atoms with Crippen LogP contribution in [0.25, 0.3) is 10.9 Å². The number of fused-ring (bicyclic) bond motifs is 1. The topological polar surface area (TPSA) is 83.5 Å². The molecule has 0 atom stereocenters. The van der Waals surface area contributed by atoms with Gasteiger partial charge in [0.1, 0.15) is 5.03 Å². The highest BCUT2D eigenvalue weighted by atomic mass is 32.2. The molecular formula is C21H19F3N4O3S2. The van der Waals surface area contributed by atoms with Crippen molar-refractivity contribution >= 4 is 38.6 Å². The minimum Gasteiger partial charge on any atom is -0.339 e. The second-order valence-corrected chi connectivity index (χ2v) is 10.2. The van der Waals surface area contributed by atoms with Crippen molar-refractivity contribution in [3.63, 3.8) is 0 Å². The monoisotopic (exact) mass is 496 g/mol. The van der Waals surface area contributed by atoms with Crippen molar-refractivity contribution in [2.75, 3.05) is 31.9 Å². The number of para-hydroxylation sites is 1. The lowest BCUT2D eigenvalue weighted by atomic mass is 10.2. The second kappa shape index (κ2) is 9.27. The molecule has 3 aromatic rings. The molecule has 1 saturated heterocycles. The van der Waals surface area contributed by atoms with Gasteiger partial charge in [-0.25, -0.2) is 18.4 Å². The molecule has 33 heavy (non-hydrogen) atoms. The Morgan fingerprint density at radius 3 is 2.24 bits per heavy atom. The van der Waals surface area contributed by atoms with Crippen molar-refractivity contribution in [1.29, 1.82) is 0 Å². The van der Waals surface area contributed by atoms with Crippen LogP contribution in [0.2, 0.25) is 0 Å². The fraction of sp³-hybridized carbons (Fsp3) is 0.286. The van der Waals surface area contributed by atoms with E-state index in [1.165, 1.54) is 27.4 Å². The lowest BCUT2D eigenvalue weighted by Crippen LogP contribution is -2.50. The number of rotatable bonds is 5. The predicted octanol–water partition coefficient (Wildman–Crippen LogP) is 3.27. The summed E-state index contributed by atoms with van der Waals surface area (Å²) in [7, 11) is -3.64. The van der Waals surface area contributed by atoms with E-state index in [1.807, 2.05) is 0 Å². The number of aromatic nitrogens is 2. The van der Waals surface area contributed by atoms with Gasteiger partial charge in [-0.1, -0.05) is 48.2 Å². The number of halogens is 3. The lowest BCUT2D eigenvalue weighted by molar-refractivity contribution is -0.145. The van der Waals surface area contributed by atoms with Crippen molar-refractivity contribution in [1.82, 2.24) is 19.2 Å². The van der Waals surface area contributed by atoms with Gasteiger partial charge in [0, 0.05) is 31.6 Å². The third-order valence-corrected chi connectivity index (χ3v) is 8.02. The first kappa shape index (κ1) is 23.5. The molecule has 0 radical (unpaired) electrons. The van der Waals surface area contributed by atoms with Gasteiger partial charge >= 0.3 is 6.18 Å². The number of carbonyl (C=O) groups excluding carboxylic acids is 1. The molecule has 1 fully saturated rings. The van der Waals surface area contributed by atoms with Crippen LogP contribution < -0.4 is 0 Å². The van der Waals surface area contributed by atoms with Gasteiger partial charge in [-0.05, 0) is 18.2 Å². The van der Waals surface area contributed by atoms with Gasteiger partial charge in [0.2, 0.25) is 21.8 Å². The molecule has 1 aliphatic rings. The summed E-state index contributed by atoms with van der Waals surface area (Å²) < 4.78 is 66.3. The van der Waals surface area contributed by atoms with E-state index in [0.717, 1.165) is 11.8 Å². The average Bonchev–Trinajstić information content (AvgIpc) is 2.82. The summed E-state index contributed by atoms with van der Waals surface area (Å²) in [6, 6.07) is 14.4. The van der Waals surface area contributed by atoms with Crippen molar-refractivity contribution in [2.24, 2.45) is 0 Å². The van der Waals surface area contributed by atoms with Crippen LogP contribution >= 0.6 is 11.8 Å². The molecule has 12 heteroatoms. The first-order valence-corrected chi connectivity index (χ1v) is 12.4. The summed E-state index contributed by atoms with van der Waals surface area (Å²) in [6.45, 7) is 0.679. The minimum absolute atomic E-state index is 0.0755. The van der Waals surface area contributed by atoms with Crippen molar-refractivity contribution in [2.45, 2.75) is 16.1 Å². The van der Waals surface area contributed by atoms with E-state index in [4.69, 9.17) is 0 Å². The van der Waals surface area contributed by atoms with E-state index < -0.39 is 22.0 Å². The Morgan fingerprint density at radius 2 is 1.58 bits per heavy atom. The van der Waals surface area contributed by atoms with Gasteiger partial charge in [0.05, 0.1) is 16.2 Å². The number of thioether (sulfide) groups is 1. The predicted molar refractivity (Wildman–Crippen MR) is 117 cm³/mol. The zero-order valence-corrected chi connectivity index (χ0v) is 18.8. The van der Waals surface area contributed by atoms with Crippen LogP contribution in [0.1, 0.15) is 5.82 Å². The second-order valence-electron chi connectivity index (χ2n) is 7.25. The SMILES string of the molecule is O=C(CSc1nc(C(F)(F)F)nc2ccccc12)N1CCN(S(=O)(=O)c2ccccc2)CC1. The Labute approximate surface area is 192 Å². The van der Waals surface area contributed by atoms with Crippen molar-refractivity contribution in [3.8, 4) is 0 Å². The molecule has 174 valence electrons. The normalized spacial score (nSPS) is 15.7. The number of benzene rings is 2. The third-order valence-electron chi connectivity index (χ3n) is 5.13. The molecule has 4 rings (SSSR count). The van der Waals surface area contributed by atoms with Crippen LogP contribution in [0.15, 0.2) is 64.5 Å². The highest BCUT2D eigenvalue weighted by Crippen LogP contribution is 2.32. The lowest BCUT2D eigenvalue weighted by Gasteiger charge is -2.34. The highest BCUT2D eigenvalue weighted by molar-refractivity contribution is 8.00. The molecule has 7 nitrogen and oxygen atoms in total. The van der Waals surface area contributed by atoms with E-state index >= 15 is 0 Å². The number of piperazine rings is 1. The van der Waals surface area contributed by atoms with Crippen molar-refractivity contribution < 1.29 is 26.4 Å². The minimum atomic E-state index is -4.70. The van der Waals surface area contributed by atoms with Gasteiger partial charge in [-0.2, -0.15) is 17.5 Å². The van der Waals surface area contributed by atoms with Gasteiger partial charge in [-0.15, -0.1) is 0 Å². The zero-order valence-electron chi connectivity index (χ0n) is 17.2. The van der Waals surface area contributed by atoms with Gasteiger partial charge in [0.25, 0.3) is 0 Å². The maximum Gasteiger partial charge on any atom is 0.451 e. The number of alkyl halides is 3. The summed E-state index contributed by atoms with van der Waals surface area (Å²) in [4.78, 5) is 21.6. The number of hydrogen-bond donors (Lipinski definition) is 0. The van der Waals surface area contributed by atoms with Crippen LogP contribution in [0.4, 0.5) is 13.2 Å². The number of hydrogen-bond acceptors (Lipinski definition) is 6. The summed E-state index contributed by atoms with van der Waals surface area (Å²) >= 11 is 0.911. The molecule has 0 spiro atoms. The van der Waals surface area contributed by atoms with Gasteiger partial charge in [-0.3, -0.25) is 4.79 Å². The Morgan fingerprint density at radius 1 is 0.939 bits per heavy atom. The first-order chi connectivity index (χ1) is 15.7. The highest BCUT2D eigenvalue weighted by Gasteiger charge is 2.36. The van der Waals surface area contributed by atoms with Crippen molar-refractivity contribution in [3.05, 3.63) is 60.4 Å². The number of carbonyl (C=O) groups is 1. The number of nitrogens with zero attached hydrogens (tertiary/aromatic N) is 4. The largest absolute Gasteiger partial charge is 0.451 e. The van der Waals surface area contributed by atoms with Crippen LogP contribution in [0, 0.1) is 0 Å². The summed E-state index contributed by atoms with van der Waals surface area (Å²) in [5.41, 5.74) is 0.148. The molecule has 1 amide bonds. The average molecular weight is 497 g/mol. The van der Waals surface area contributed by atoms with E-state index in [1.54, 1.807) is 36.4 Å². The Hall–Kier alpha value is -2.70. The first-order valence-electron chi connectivity index (χ1n) is 9.96. The van der Waals surface area contributed by atoms with Crippen LogP contribution in [-0.2, 0) is 21.0 Å². The van der Waals surface area contributed by atoms with Gasteiger partial charge < -0.3 is 4.90 Å². The fourth-order valence-electron chi connectivity index (χ4n) is 3.43. The molecule has 0 bridgehead atoms. The summed E-state index contributed by atoms with van der Waals surface area (Å²) in [5, 5.41) is 0.508. The summed E-state index contributed by atoms with van der Waals surface area (Å²) in [6.07, 6.45) is -4.70. The maximum atomic E-state index is 13.2. The molecule has 0 N–H and O–H groups in total. The smallest absolute Gasteiger partial charge is 0.339 e. The van der Waals surface area contributed by atoms with E-state index in [2.05, 4.69) is 9.97 Å². The quantitative estimate of drug-likeness (QED) is 0.398. The van der Waals surface area contributed by atoms with E-state index in [9.17, 15) is 26.4 Å². The Kier molecular flexibility index (Phi) is 6.59. The Balaban J connectivity index is 1.42. The van der Waals surface area contributed by atoms with E-state index in [0.29, 0.717) is 5.39 Å². The molecular weight excluding hydrogens is 477 g/mol. The standard InChI is InChI=1S/C21H19F3N4O3S2/c22-21(23,24)20-25-17-9-5-4-8-16(17)19(26-20)32-14-18(29)27-10-12-28(13-11-27)33(30,31)15-6-2-1-3-7-15/h1-9H,10-14H2. The molecule has 2 heterocycles. The van der Waals surface area contributed by atoms with Crippen LogP contribution in [0.5, 0.6) is 0 Å². The third kappa shape index (κ3) is 5.12. The molecule has 0 saturated carbocycles.